The minimum atomic E-state index is -0.822. The largest absolute Gasteiger partial charge is 0.481 e. The van der Waals surface area contributed by atoms with Crippen molar-refractivity contribution in [2.24, 2.45) is 5.92 Å². The lowest BCUT2D eigenvalue weighted by atomic mass is 10.0. The maximum atomic E-state index is 11.1. The van der Waals surface area contributed by atoms with Crippen molar-refractivity contribution in [1.29, 1.82) is 0 Å². The maximum Gasteiger partial charge on any atom is 0.310 e. The number of nitrogens with zero attached hydrogens (tertiary/aromatic N) is 1. The van der Waals surface area contributed by atoms with Gasteiger partial charge in [0.1, 0.15) is 0 Å². The summed E-state index contributed by atoms with van der Waals surface area (Å²) < 4.78 is 0. The Morgan fingerprint density at radius 3 is 2.58 bits per heavy atom. The van der Waals surface area contributed by atoms with E-state index in [-0.39, 0.29) is 11.8 Å². The van der Waals surface area contributed by atoms with Crippen LogP contribution in [0.5, 0.6) is 0 Å². The SMILES string of the molecule is C=CCC(=O)N1CC(C(=O)O)C1. The molecule has 0 radical (unpaired) electrons. The topological polar surface area (TPSA) is 57.6 Å². The molecule has 1 amide bonds. The number of likely N-dealkylation sites (tertiary alicyclic amines) is 1. The smallest absolute Gasteiger partial charge is 0.310 e. The average Bonchev–Trinajstić information content (AvgIpc) is 1.82. The van der Waals surface area contributed by atoms with Crippen LogP contribution in [0.2, 0.25) is 0 Å². The van der Waals surface area contributed by atoms with E-state index < -0.39 is 5.97 Å². The second-order valence-corrected chi connectivity index (χ2v) is 2.83. The Hall–Kier alpha value is -1.32. The molecular weight excluding hydrogens is 158 g/mol. The highest BCUT2D eigenvalue weighted by Gasteiger charge is 2.34. The second kappa shape index (κ2) is 3.38. The standard InChI is InChI=1S/C8H11NO3/c1-2-3-7(10)9-4-6(5-9)8(11)12/h2,6H,1,3-5H2,(H,11,12). The highest BCUT2D eigenvalue weighted by Crippen LogP contribution is 2.16. The van der Waals surface area contributed by atoms with Gasteiger partial charge >= 0.3 is 5.97 Å². The average molecular weight is 169 g/mol. The van der Waals surface area contributed by atoms with E-state index in [9.17, 15) is 9.59 Å². The van der Waals surface area contributed by atoms with Crippen molar-refractivity contribution in [2.75, 3.05) is 13.1 Å². The molecule has 0 spiro atoms. The van der Waals surface area contributed by atoms with Crippen LogP contribution in [0, 0.1) is 5.92 Å². The third-order valence-corrected chi connectivity index (χ3v) is 1.90. The van der Waals surface area contributed by atoms with Crippen molar-refractivity contribution in [1.82, 2.24) is 4.90 Å². The van der Waals surface area contributed by atoms with Gasteiger partial charge in [0.15, 0.2) is 0 Å². The fraction of sp³-hybridized carbons (Fsp3) is 0.500. The van der Waals surface area contributed by atoms with Crippen molar-refractivity contribution >= 4 is 11.9 Å². The maximum absolute atomic E-state index is 11.1. The molecule has 1 rings (SSSR count). The number of carboxylic acids is 1. The first-order valence-electron chi connectivity index (χ1n) is 3.76. The summed E-state index contributed by atoms with van der Waals surface area (Å²) in [5.41, 5.74) is 0. The molecule has 1 heterocycles. The van der Waals surface area contributed by atoms with E-state index in [1.165, 1.54) is 11.0 Å². The molecule has 4 heteroatoms. The van der Waals surface area contributed by atoms with Crippen molar-refractivity contribution in [3.05, 3.63) is 12.7 Å². The van der Waals surface area contributed by atoms with E-state index >= 15 is 0 Å². The molecule has 0 saturated carbocycles. The van der Waals surface area contributed by atoms with Crippen LogP contribution in [-0.2, 0) is 9.59 Å². The van der Waals surface area contributed by atoms with Crippen LogP contribution in [0.25, 0.3) is 0 Å². The summed E-state index contributed by atoms with van der Waals surface area (Å²) in [7, 11) is 0. The van der Waals surface area contributed by atoms with Crippen LogP contribution in [0.1, 0.15) is 6.42 Å². The lowest BCUT2D eigenvalue weighted by Crippen LogP contribution is -2.52. The zero-order valence-electron chi connectivity index (χ0n) is 6.69. The molecule has 0 aliphatic carbocycles. The van der Waals surface area contributed by atoms with Gasteiger partial charge in [0.05, 0.1) is 5.92 Å². The number of hydrogen-bond acceptors (Lipinski definition) is 2. The quantitative estimate of drug-likeness (QED) is 0.610. The molecule has 0 atom stereocenters. The normalized spacial score (nSPS) is 16.8. The molecule has 0 bridgehead atoms. The van der Waals surface area contributed by atoms with Crippen LogP contribution in [0.15, 0.2) is 12.7 Å². The lowest BCUT2D eigenvalue weighted by molar-refractivity contribution is -0.152. The molecule has 1 N–H and O–H groups in total. The molecule has 12 heavy (non-hydrogen) atoms. The molecule has 4 nitrogen and oxygen atoms in total. The van der Waals surface area contributed by atoms with Gasteiger partial charge in [-0.3, -0.25) is 9.59 Å². The van der Waals surface area contributed by atoms with Crippen LogP contribution >= 0.6 is 0 Å². The Morgan fingerprint density at radius 1 is 1.58 bits per heavy atom. The van der Waals surface area contributed by atoms with Gasteiger partial charge in [0, 0.05) is 19.5 Å². The number of rotatable bonds is 3. The first kappa shape index (κ1) is 8.77. The number of carbonyl (C=O) groups excluding carboxylic acids is 1. The van der Waals surface area contributed by atoms with Crippen LogP contribution < -0.4 is 0 Å². The zero-order chi connectivity index (χ0) is 9.14. The Bertz CT molecular complexity index is 218. The molecule has 0 unspecified atom stereocenters. The van der Waals surface area contributed by atoms with Gasteiger partial charge in [-0.1, -0.05) is 6.08 Å². The van der Waals surface area contributed by atoms with E-state index in [0.29, 0.717) is 19.5 Å². The van der Waals surface area contributed by atoms with Gasteiger partial charge in [-0.05, 0) is 0 Å². The summed E-state index contributed by atoms with van der Waals surface area (Å²) in [6.07, 6.45) is 1.82. The summed E-state index contributed by atoms with van der Waals surface area (Å²) in [6.45, 7) is 4.13. The van der Waals surface area contributed by atoms with E-state index in [1.54, 1.807) is 0 Å². The molecule has 1 aliphatic heterocycles. The fourth-order valence-electron chi connectivity index (χ4n) is 1.09. The molecule has 0 aromatic heterocycles. The van der Waals surface area contributed by atoms with Gasteiger partial charge in [0.2, 0.25) is 5.91 Å². The first-order chi connectivity index (χ1) is 5.65. The van der Waals surface area contributed by atoms with Crippen LogP contribution in [-0.4, -0.2) is 35.0 Å². The molecular formula is C8H11NO3. The molecule has 0 aromatic rings. The Kier molecular flexibility index (Phi) is 2.47. The monoisotopic (exact) mass is 169 g/mol. The minimum Gasteiger partial charge on any atom is -0.481 e. The van der Waals surface area contributed by atoms with E-state index in [0.717, 1.165) is 0 Å². The summed E-state index contributed by atoms with van der Waals surface area (Å²) in [5, 5.41) is 8.50. The Morgan fingerprint density at radius 2 is 2.17 bits per heavy atom. The zero-order valence-corrected chi connectivity index (χ0v) is 6.69. The van der Waals surface area contributed by atoms with Crippen molar-refractivity contribution in [2.45, 2.75) is 6.42 Å². The van der Waals surface area contributed by atoms with E-state index in [1.807, 2.05) is 0 Å². The Labute approximate surface area is 70.5 Å². The highest BCUT2D eigenvalue weighted by molar-refractivity contribution is 5.81. The summed E-state index contributed by atoms with van der Waals surface area (Å²) in [6, 6.07) is 0. The summed E-state index contributed by atoms with van der Waals surface area (Å²) in [5.74, 6) is -1.22. The molecule has 0 aromatic carbocycles. The van der Waals surface area contributed by atoms with Crippen molar-refractivity contribution in [3.63, 3.8) is 0 Å². The van der Waals surface area contributed by atoms with Crippen molar-refractivity contribution < 1.29 is 14.7 Å². The molecule has 1 saturated heterocycles. The molecule has 1 aliphatic rings. The first-order valence-corrected chi connectivity index (χ1v) is 3.76. The van der Waals surface area contributed by atoms with E-state index in [4.69, 9.17) is 5.11 Å². The van der Waals surface area contributed by atoms with Gasteiger partial charge < -0.3 is 10.0 Å². The molecule has 66 valence electrons. The van der Waals surface area contributed by atoms with Crippen LogP contribution in [0.3, 0.4) is 0 Å². The van der Waals surface area contributed by atoms with Gasteiger partial charge in [-0.2, -0.15) is 0 Å². The summed E-state index contributed by atoms with van der Waals surface area (Å²) in [4.78, 5) is 22.9. The minimum absolute atomic E-state index is 0.0394. The predicted molar refractivity (Wildman–Crippen MR) is 42.5 cm³/mol. The van der Waals surface area contributed by atoms with Gasteiger partial charge in [0.25, 0.3) is 0 Å². The number of carboxylic acid groups (broad SMARTS) is 1. The number of hydrogen-bond donors (Lipinski definition) is 1. The number of carbonyl (C=O) groups is 2. The predicted octanol–water partition coefficient (Wildman–Crippen LogP) is 0.106. The Balaban J connectivity index is 2.29. The van der Waals surface area contributed by atoms with Gasteiger partial charge in [-0.25, -0.2) is 0 Å². The highest BCUT2D eigenvalue weighted by atomic mass is 16.4. The number of amides is 1. The van der Waals surface area contributed by atoms with Gasteiger partial charge in [-0.15, -0.1) is 6.58 Å². The second-order valence-electron chi connectivity index (χ2n) is 2.83. The van der Waals surface area contributed by atoms with Crippen molar-refractivity contribution in [3.8, 4) is 0 Å². The summed E-state index contributed by atoms with van der Waals surface area (Å²) >= 11 is 0. The molecule has 1 fully saturated rings. The number of aliphatic carboxylic acids is 1. The fourth-order valence-corrected chi connectivity index (χ4v) is 1.09. The van der Waals surface area contributed by atoms with Crippen LogP contribution in [0.4, 0.5) is 0 Å². The third-order valence-electron chi connectivity index (χ3n) is 1.90. The lowest BCUT2D eigenvalue weighted by Gasteiger charge is -2.36. The third kappa shape index (κ3) is 1.64. The van der Waals surface area contributed by atoms with E-state index in [2.05, 4.69) is 6.58 Å².